The molecule has 0 aliphatic carbocycles. The zero-order chi connectivity index (χ0) is 18.5. The molecule has 0 amide bonds. The lowest BCUT2D eigenvalue weighted by Gasteiger charge is -2.18. The summed E-state index contributed by atoms with van der Waals surface area (Å²) in [5.41, 5.74) is 2.15. The summed E-state index contributed by atoms with van der Waals surface area (Å²) in [7, 11) is 0. The van der Waals surface area contributed by atoms with Gasteiger partial charge < -0.3 is 9.88 Å². The van der Waals surface area contributed by atoms with Gasteiger partial charge in [0.1, 0.15) is 5.69 Å². The van der Waals surface area contributed by atoms with Crippen molar-refractivity contribution in [2.75, 3.05) is 0 Å². The van der Waals surface area contributed by atoms with Crippen LogP contribution in [0.3, 0.4) is 0 Å². The van der Waals surface area contributed by atoms with Crippen LogP contribution in [0.4, 0.5) is 13.2 Å². The Morgan fingerprint density at radius 1 is 1.08 bits per heavy atom. The molecule has 1 atom stereocenters. The molecular formula is C18H12Cl2F3N3. The number of nitrogens with zero attached hydrogens (tertiary/aromatic N) is 2. The molecule has 0 bridgehead atoms. The fourth-order valence-electron chi connectivity index (χ4n) is 3.19. The second-order valence-corrected chi connectivity index (χ2v) is 6.76. The first kappa shape index (κ1) is 17.4. The molecule has 1 N–H and O–H groups in total. The molecule has 0 radical (unpaired) electrons. The summed E-state index contributed by atoms with van der Waals surface area (Å²) >= 11 is 12.7. The SMILES string of the molecule is FC(F)(F)c1ccc(C2NCc3c(Cl)ccc(Cl)c3-n3cccc32)cn1. The minimum Gasteiger partial charge on any atom is -0.317 e. The van der Waals surface area contributed by atoms with E-state index in [4.69, 9.17) is 23.2 Å². The molecule has 0 saturated heterocycles. The molecule has 2 aromatic heterocycles. The van der Waals surface area contributed by atoms with Gasteiger partial charge in [0.25, 0.3) is 0 Å². The second-order valence-electron chi connectivity index (χ2n) is 5.95. The predicted octanol–water partition coefficient (Wildman–Crippen LogP) is 5.39. The third-order valence-electron chi connectivity index (χ3n) is 4.39. The van der Waals surface area contributed by atoms with Crippen LogP contribution < -0.4 is 5.32 Å². The number of hydrogen-bond donors (Lipinski definition) is 1. The topological polar surface area (TPSA) is 29.9 Å². The smallest absolute Gasteiger partial charge is 0.317 e. The van der Waals surface area contributed by atoms with Gasteiger partial charge in [0.05, 0.1) is 16.8 Å². The number of aromatic nitrogens is 2. The van der Waals surface area contributed by atoms with E-state index in [-0.39, 0.29) is 6.04 Å². The minimum absolute atomic E-state index is 0.348. The van der Waals surface area contributed by atoms with Crippen molar-refractivity contribution in [3.63, 3.8) is 0 Å². The van der Waals surface area contributed by atoms with Crippen LogP contribution in [-0.4, -0.2) is 9.55 Å². The van der Waals surface area contributed by atoms with E-state index in [0.717, 1.165) is 23.0 Å². The Balaban J connectivity index is 1.81. The summed E-state index contributed by atoms with van der Waals surface area (Å²) in [6.07, 6.45) is -1.36. The molecule has 1 aromatic carbocycles. The summed E-state index contributed by atoms with van der Waals surface area (Å²) in [4.78, 5) is 3.57. The van der Waals surface area contributed by atoms with Gasteiger partial charge in [-0.15, -0.1) is 0 Å². The first-order chi connectivity index (χ1) is 12.4. The zero-order valence-corrected chi connectivity index (χ0v) is 14.7. The Kier molecular flexibility index (Phi) is 4.22. The summed E-state index contributed by atoms with van der Waals surface area (Å²) in [6, 6.07) is 9.28. The number of pyridine rings is 1. The highest BCUT2D eigenvalue weighted by atomic mass is 35.5. The lowest BCUT2D eigenvalue weighted by molar-refractivity contribution is -0.141. The lowest BCUT2D eigenvalue weighted by Crippen LogP contribution is -2.22. The molecule has 4 rings (SSSR count). The number of halogens is 5. The molecule has 3 heterocycles. The van der Waals surface area contributed by atoms with Crippen LogP contribution in [0.2, 0.25) is 10.0 Å². The van der Waals surface area contributed by atoms with Crippen molar-refractivity contribution in [1.82, 2.24) is 14.9 Å². The van der Waals surface area contributed by atoms with Crippen molar-refractivity contribution in [2.24, 2.45) is 0 Å². The van der Waals surface area contributed by atoms with E-state index >= 15 is 0 Å². The van der Waals surface area contributed by atoms with Gasteiger partial charge in [0, 0.05) is 35.2 Å². The summed E-state index contributed by atoms with van der Waals surface area (Å²) in [6.45, 7) is 0.419. The van der Waals surface area contributed by atoms with Crippen molar-refractivity contribution in [3.05, 3.63) is 81.4 Å². The van der Waals surface area contributed by atoms with E-state index in [1.165, 1.54) is 12.3 Å². The van der Waals surface area contributed by atoms with Crippen molar-refractivity contribution in [2.45, 2.75) is 18.8 Å². The maximum atomic E-state index is 12.8. The molecule has 0 spiro atoms. The van der Waals surface area contributed by atoms with Crippen LogP contribution in [-0.2, 0) is 12.7 Å². The van der Waals surface area contributed by atoms with Gasteiger partial charge in [-0.3, -0.25) is 4.98 Å². The molecule has 3 aromatic rings. The average Bonchev–Trinajstić information content (AvgIpc) is 3.00. The molecule has 1 aliphatic heterocycles. The van der Waals surface area contributed by atoms with Gasteiger partial charge in [-0.1, -0.05) is 29.3 Å². The van der Waals surface area contributed by atoms with E-state index in [2.05, 4.69) is 10.3 Å². The number of nitrogens with one attached hydrogen (secondary N) is 1. The van der Waals surface area contributed by atoms with Crippen LogP contribution in [0.25, 0.3) is 5.69 Å². The summed E-state index contributed by atoms with van der Waals surface area (Å²) in [5.74, 6) is 0. The number of rotatable bonds is 1. The van der Waals surface area contributed by atoms with Crippen LogP contribution in [0.1, 0.15) is 28.6 Å². The molecule has 1 unspecified atom stereocenters. The highest BCUT2D eigenvalue weighted by molar-refractivity contribution is 6.35. The molecule has 3 nitrogen and oxygen atoms in total. The maximum Gasteiger partial charge on any atom is 0.433 e. The average molecular weight is 398 g/mol. The van der Waals surface area contributed by atoms with E-state index in [1.807, 2.05) is 22.9 Å². The van der Waals surface area contributed by atoms with Gasteiger partial charge in [-0.2, -0.15) is 13.2 Å². The van der Waals surface area contributed by atoms with E-state index in [0.29, 0.717) is 22.2 Å². The third kappa shape index (κ3) is 2.88. The van der Waals surface area contributed by atoms with E-state index in [9.17, 15) is 13.2 Å². The standard InChI is InChI=1S/C18H12Cl2F3N3/c19-12-4-5-13(20)17-11(12)9-25-16(14-2-1-7-26(14)17)10-3-6-15(24-8-10)18(21,22)23/h1-8,16,25H,9H2. The molecule has 26 heavy (non-hydrogen) atoms. The maximum absolute atomic E-state index is 12.8. The van der Waals surface area contributed by atoms with Crippen molar-refractivity contribution >= 4 is 23.2 Å². The van der Waals surface area contributed by atoms with E-state index in [1.54, 1.807) is 12.1 Å². The Morgan fingerprint density at radius 2 is 1.85 bits per heavy atom. The summed E-state index contributed by atoms with van der Waals surface area (Å²) < 4.78 is 40.2. The lowest BCUT2D eigenvalue weighted by atomic mass is 10.1. The summed E-state index contributed by atoms with van der Waals surface area (Å²) in [5, 5.41) is 4.46. The van der Waals surface area contributed by atoms with Crippen LogP contribution in [0.15, 0.2) is 48.8 Å². The van der Waals surface area contributed by atoms with Crippen LogP contribution in [0, 0.1) is 0 Å². The number of fused-ring (bicyclic) bond motifs is 3. The van der Waals surface area contributed by atoms with Crippen molar-refractivity contribution in [1.29, 1.82) is 0 Å². The van der Waals surface area contributed by atoms with Crippen molar-refractivity contribution < 1.29 is 13.2 Å². The monoisotopic (exact) mass is 397 g/mol. The molecule has 1 aliphatic rings. The van der Waals surface area contributed by atoms with Gasteiger partial charge >= 0.3 is 6.18 Å². The zero-order valence-electron chi connectivity index (χ0n) is 13.2. The molecule has 0 saturated carbocycles. The van der Waals surface area contributed by atoms with Crippen LogP contribution >= 0.6 is 23.2 Å². The Morgan fingerprint density at radius 3 is 2.54 bits per heavy atom. The number of hydrogen-bond acceptors (Lipinski definition) is 2. The van der Waals surface area contributed by atoms with Gasteiger partial charge in [-0.25, -0.2) is 0 Å². The first-order valence-corrected chi connectivity index (χ1v) is 8.53. The molecule has 0 fully saturated rings. The Hall–Kier alpha value is -2.02. The van der Waals surface area contributed by atoms with Gasteiger partial charge in [-0.05, 0) is 35.9 Å². The second kappa shape index (κ2) is 6.30. The predicted molar refractivity (Wildman–Crippen MR) is 93.7 cm³/mol. The van der Waals surface area contributed by atoms with E-state index < -0.39 is 11.9 Å². The third-order valence-corrected chi connectivity index (χ3v) is 5.05. The van der Waals surface area contributed by atoms with Gasteiger partial charge in [0.2, 0.25) is 0 Å². The Labute approximate surface area is 157 Å². The Bertz CT molecular complexity index is 965. The molecular weight excluding hydrogens is 386 g/mol. The number of alkyl halides is 3. The largest absolute Gasteiger partial charge is 0.433 e. The minimum atomic E-state index is -4.47. The van der Waals surface area contributed by atoms with Crippen LogP contribution in [0.5, 0.6) is 0 Å². The molecule has 8 heteroatoms. The fraction of sp³-hybridized carbons (Fsp3) is 0.167. The number of benzene rings is 1. The highest BCUT2D eigenvalue weighted by Gasteiger charge is 2.33. The highest BCUT2D eigenvalue weighted by Crippen LogP contribution is 2.37. The molecule has 134 valence electrons. The van der Waals surface area contributed by atoms with Crippen molar-refractivity contribution in [3.8, 4) is 5.69 Å². The quantitative estimate of drug-likeness (QED) is 0.596. The normalized spacial score (nSPS) is 16.7. The first-order valence-electron chi connectivity index (χ1n) is 7.77. The van der Waals surface area contributed by atoms with Gasteiger partial charge in [0.15, 0.2) is 0 Å². The fourth-order valence-corrected chi connectivity index (χ4v) is 3.67.